The van der Waals surface area contributed by atoms with Crippen molar-refractivity contribution in [1.29, 1.82) is 0 Å². The van der Waals surface area contributed by atoms with Gasteiger partial charge in [0.25, 0.3) is 5.91 Å². The van der Waals surface area contributed by atoms with E-state index in [4.69, 9.17) is 4.74 Å². The highest BCUT2D eigenvalue weighted by molar-refractivity contribution is 5.95. The summed E-state index contributed by atoms with van der Waals surface area (Å²) < 4.78 is 5.38. The van der Waals surface area contributed by atoms with Crippen molar-refractivity contribution < 1.29 is 9.53 Å². The molecule has 0 unspecified atom stereocenters. The summed E-state index contributed by atoms with van der Waals surface area (Å²) in [5.41, 5.74) is 3.76. The van der Waals surface area contributed by atoms with E-state index in [9.17, 15) is 4.79 Å². The molecule has 0 saturated carbocycles. The third kappa shape index (κ3) is 3.97. The van der Waals surface area contributed by atoms with E-state index in [1.165, 1.54) is 0 Å². The summed E-state index contributed by atoms with van der Waals surface area (Å²) in [7, 11) is 0. The number of hydrogen-bond donors (Lipinski definition) is 2. The van der Waals surface area contributed by atoms with Crippen LogP contribution in [0.3, 0.4) is 0 Å². The molecule has 122 valence electrons. The van der Waals surface area contributed by atoms with Gasteiger partial charge in [0, 0.05) is 25.2 Å². The predicted octanol–water partition coefficient (Wildman–Crippen LogP) is 1.48. The summed E-state index contributed by atoms with van der Waals surface area (Å²) in [5, 5.41) is 9.84. The fourth-order valence-corrected chi connectivity index (χ4v) is 2.70. The number of aryl methyl sites for hydroxylation is 1. The summed E-state index contributed by atoms with van der Waals surface area (Å²) in [5.74, 6) is -0.0529. The van der Waals surface area contributed by atoms with Crippen molar-refractivity contribution in [1.82, 2.24) is 20.4 Å². The number of nitrogens with zero attached hydrogens (tertiary/aromatic N) is 2. The lowest BCUT2D eigenvalue weighted by Gasteiger charge is -2.27. The van der Waals surface area contributed by atoms with Gasteiger partial charge in [0.05, 0.1) is 31.6 Å². The number of hydrogen-bond acceptors (Lipinski definition) is 4. The molecule has 1 aliphatic rings. The first kappa shape index (κ1) is 15.7. The molecule has 23 heavy (non-hydrogen) atoms. The number of amides is 1. The van der Waals surface area contributed by atoms with Gasteiger partial charge in [-0.05, 0) is 24.1 Å². The number of benzene rings is 1. The molecule has 0 spiro atoms. The molecule has 6 heteroatoms. The number of nitrogens with one attached hydrogen (secondary N) is 2. The molecule has 0 bridgehead atoms. The zero-order valence-electron chi connectivity index (χ0n) is 13.3. The Hall–Kier alpha value is -2.18. The highest BCUT2D eigenvalue weighted by Crippen LogP contribution is 2.13. The van der Waals surface area contributed by atoms with Crippen LogP contribution in [0.25, 0.3) is 0 Å². The number of aromatic nitrogens is 2. The van der Waals surface area contributed by atoms with Crippen LogP contribution in [0.4, 0.5) is 0 Å². The van der Waals surface area contributed by atoms with Gasteiger partial charge in [-0.2, -0.15) is 5.10 Å². The zero-order valence-corrected chi connectivity index (χ0v) is 13.3. The molecule has 2 N–H and O–H groups in total. The first-order chi connectivity index (χ1) is 11.2. The molecule has 3 rings (SSSR count). The largest absolute Gasteiger partial charge is 0.379 e. The van der Waals surface area contributed by atoms with Gasteiger partial charge in [0.2, 0.25) is 0 Å². The molecule has 1 amide bonds. The molecule has 2 heterocycles. The Morgan fingerprint density at radius 3 is 2.87 bits per heavy atom. The van der Waals surface area contributed by atoms with Crippen molar-refractivity contribution in [3.05, 3.63) is 52.8 Å². The van der Waals surface area contributed by atoms with E-state index in [0.29, 0.717) is 6.54 Å². The van der Waals surface area contributed by atoms with Crippen LogP contribution < -0.4 is 5.32 Å². The minimum atomic E-state index is -0.0529. The predicted molar refractivity (Wildman–Crippen MR) is 87.0 cm³/mol. The van der Waals surface area contributed by atoms with Crippen molar-refractivity contribution in [3.8, 4) is 0 Å². The Morgan fingerprint density at radius 2 is 2.13 bits per heavy atom. The fraction of sp³-hybridized carbons (Fsp3) is 0.412. The first-order valence-corrected chi connectivity index (χ1v) is 7.89. The van der Waals surface area contributed by atoms with E-state index in [0.717, 1.165) is 55.2 Å². The molecule has 0 radical (unpaired) electrons. The van der Waals surface area contributed by atoms with Gasteiger partial charge in [-0.1, -0.05) is 18.2 Å². The van der Waals surface area contributed by atoms with Crippen LogP contribution >= 0.6 is 0 Å². The molecule has 0 atom stereocenters. The van der Waals surface area contributed by atoms with Gasteiger partial charge in [0.15, 0.2) is 0 Å². The van der Waals surface area contributed by atoms with Crippen LogP contribution in [0.15, 0.2) is 30.5 Å². The van der Waals surface area contributed by atoms with Gasteiger partial charge in [-0.25, -0.2) is 0 Å². The number of carbonyl (C=O) groups excluding carboxylic acids is 1. The Kier molecular flexibility index (Phi) is 5.05. The third-order valence-corrected chi connectivity index (χ3v) is 4.12. The molecular weight excluding hydrogens is 292 g/mol. The van der Waals surface area contributed by atoms with Crippen LogP contribution in [0.5, 0.6) is 0 Å². The number of rotatable bonds is 5. The van der Waals surface area contributed by atoms with Crippen LogP contribution in [0, 0.1) is 6.92 Å². The van der Waals surface area contributed by atoms with Crippen LogP contribution in [0.1, 0.15) is 27.2 Å². The normalized spacial score (nSPS) is 15.5. The fourth-order valence-electron chi connectivity index (χ4n) is 2.70. The Bertz CT molecular complexity index is 662. The van der Waals surface area contributed by atoms with E-state index in [1.54, 1.807) is 6.20 Å². The number of carbonyl (C=O) groups is 1. The molecule has 2 aromatic rings. The maximum Gasteiger partial charge on any atom is 0.251 e. The summed E-state index contributed by atoms with van der Waals surface area (Å²) in [4.78, 5) is 14.8. The van der Waals surface area contributed by atoms with Crippen LogP contribution in [0.2, 0.25) is 0 Å². The average Bonchev–Trinajstić information content (AvgIpc) is 2.99. The monoisotopic (exact) mass is 314 g/mol. The topological polar surface area (TPSA) is 70.2 Å². The van der Waals surface area contributed by atoms with E-state index < -0.39 is 0 Å². The number of aromatic amines is 1. The Labute approximate surface area is 135 Å². The Balaban J connectivity index is 1.66. The molecule has 1 aliphatic heterocycles. The molecule has 1 fully saturated rings. The molecule has 1 aromatic heterocycles. The molecule has 0 aliphatic carbocycles. The van der Waals surface area contributed by atoms with Crippen molar-refractivity contribution in [2.24, 2.45) is 0 Å². The highest BCUT2D eigenvalue weighted by Gasteiger charge is 2.16. The van der Waals surface area contributed by atoms with E-state index >= 15 is 0 Å². The highest BCUT2D eigenvalue weighted by atomic mass is 16.5. The molecule has 6 nitrogen and oxygen atoms in total. The molecule has 1 aromatic carbocycles. The molecular formula is C17H22N4O2. The van der Waals surface area contributed by atoms with Gasteiger partial charge in [-0.3, -0.25) is 14.8 Å². The second-order valence-electron chi connectivity index (χ2n) is 5.76. The van der Waals surface area contributed by atoms with Crippen LogP contribution in [-0.2, 0) is 17.8 Å². The quantitative estimate of drug-likeness (QED) is 0.877. The van der Waals surface area contributed by atoms with Gasteiger partial charge in [-0.15, -0.1) is 0 Å². The van der Waals surface area contributed by atoms with Gasteiger partial charge in [0.1, 0.15) is 0 Å². The van der Waals surface area contributed by atoms with E-state index in [2.05, 4.69) is 20.4 Å². The second kappa shape index (κ2) is 7.39. The van der Waals surface area contributed by atoms with E-state index in [-0.39, 0.29) is 5.91 Å². The van der Waals surface area contributed by atoms with Gasteiger partial charge >= 0.3 is 0 Å². The van der Waals surface area contributed by atoms with E-state index in [1.807, 2.05) is 31.2 Å². The lowest BCUT2D eigenvalue weighted by atomic mass is 10.1. The maximum atomic E-state index is 12.5. The Morgan fingerprint density at radius 1 is 1.35 bits per heavy atom. The summed E-state index contributed by atoms with van der Waals surface area (Å²) in [6, 6.07) is 7.78. The lowest BCUT2D eigenvalue weighted by Crippen LogP contribution is -2.36. The summed E-state index contributed by atoms with van der Waals surface area (Å²) in [6.07, 6.45) is 1.76. The van der Waals surface area contributed by atoms with Crippen LogP contribution in [-0.4, -0.2) is 47.3 Å². The third-order valence-electron chi connectivity index (χ3n) is 4.12. The minimum Gasteiger partial charge on any atom is -0.379 e. The van der Waals surface area contributed by atoms with Crippen molar-refractivity contribution >= 4 is 5.91 Å². The van der Waals surface area contributed by atoms with Crippen molar-refractivity contribution in [2.45, 2.75) is 20.0 Å². The van der Waals surface area contributed by atoms with Gasteiger partial charge < -0.3 is 10.1 Å². The number of ether oxygens (including phenoxy) is 1. The maximum absolute atomic E-state index is 12.5. The second-order valence-corrected chi connectivity index (χ2v) is 5.76. The number of morpholine rings is 1. The molecule has 1 saturated heterocycles. The summed E-state index contributed by atoms with van der Waals surface area (Å²) >= 11 is 0. The number of H-pyrrole nitrogens is 1. The summed E-state index contributed by atoms with van der Waals surface area (Å²) in [6.45, 7) is 6.53. The van der Waals surface area contributed by atoms with Crippen molar-refractivity contribution in [3.63, 3.8) is 0 Å². The lowest BCUT2D eigenvalue weighted by molar-refractivity contribution is 0.0340. The zero-order chi connectivity index (χ0) is 16.1. The van der Waals surface area contributed by atoms with Crippen molar-refractivity contribution in [2.75, 3.05) is 26.3 Å². The smallest absolute Gasteiger partial charge is 0.251 e. The first-order valence-electron chi connectivity index (χ1n) is 7.89. The average molecular weight is 314 g/mol. The SMILES string of the molecule is Cc1cn[nH]c1CNC(=O)c1ccccc1CN1CCOCC1. The standard InChI is InChI=1S/C17H22N4O2/c1-13-10-19-20-16(13)11-18-17(22)15-5-3-2-4-14(15)12-21-6-8-23-9-7-21/h2-5,10H,6-9,11-12H2,1H3,(H,18,22)(H,19,20). The minimum absolute atomic E-state index is 0.0529.